The number of nitrogens with zero attached hydrogens (tertiary/aromatic N) is 1. The SMILES string of the molecule is CS(=O)(=O)c1cccc(C(=O)NC2CC(N(CC(=O)O)CC3CC3)C2)c1. The minimum Gasteiger partial charge on any atom is -0.480 e. The van der Waals surface area contributed by atoms with Gasteiger partial charge in [0.05, 0.1) is 11.4 Å². The molecule has 7 nitrogen and oxygen atoms in total. The molecule has 0 aromatic heterocycles. The van der Waals surface area contributed by atoms with E-state index in [1.165, 1.54) is 25.0 Å². The Morgan fingerprint density at radius 1 is 1.27 bits per heavy atom. The first-order valence-corrected chi connectivity index (χ1v) is 10.7. The van der Waals surface area contributed by atoms with Gasteiger partial charge in [0, 0.05) is 30.4 Å². The van der Waals surface area contributed by atoms with Crippen molar-refractivity contribution in [1.82, 2.24) is 10.2 Å². The summed E-state index contributed by atoms with van der Waals surface area (Å²) in [7, 11) is -3.36. The van der Waals surface area contributed by atoms with Gasteiger partial charge in [-0.3, -0.25) is 14.5 Å². The van der Waals surface area contributed by atoms with Crippen LogP contribution in [0.3, 0.4) is 0 Å². The van der Waals surface area contributed by atoms with E-state index in [9.17, 15) is 18.0 Å². The van der Waals surface area contributed by atoms with Crippen LogP contribution >= 0.6 is 0 Å². The third kappa shape index (κ3) is 4.82. The molecular formula is C18H24N2O5S. The Bertz CT molecular complexity index is 798. The van der Waals surface area contributed by atoms with Gasteiger partial charge in [-0.05, 0) is 49.8 Å². The number of carboxylic acid groups (broad SMARTS) is 1. The van der Waals surface area contributed by atoms with Crippen LogP contribution in [0.4, 0.5) is 0 Å². The van der Waals surface area contributed by atoms with E-state index < -0.39 is 15.8 Å². The number of carbonyl (C=O) groups is 2. The van der Waals surface area contributed by atoms with E-state index >= 15 is 0 Å². The lowest BCUT2D eigenvalue weighted by atomic mass is 9.85. The third-order valence-electron chi connectivity index (χ3n) is 5.02. The minimum atomic E-state index is -3.36. The fourth-order valence-corrected chi connectivity index (χ4v) is 3.96. The summed E-state index contributed by atoms with van der Waals surface area (Å²) in [4.78, 5) is 25.5. The molecule has 0 spiro atoms. The van der Waals surface area contributed by atoms with Gasteiger partial charge in [0.2, 0.25) is 0 Å². The molecule has 0 bridgehead atoms. The van der Waals surface area contributed by atoms with Crippen molar-refractivity contribution in [2.24, 2.45) is 5.92 Å². The molecule has 2 fully saturated rings. The van der Waals surface area contributed by atoms with E-state index in [1.54, 1.807) is 12.1 Å². The second-order valence-electron chi connectivity index (χ2n) is 7.36. The molecule has 2 saturated carbocycles. The average molecular weight is 380 g/mol. The van der Waals surface area contributed by atoms with E-state index in [0.29, 0.717) is 11.5 Å². The maximum atomic E-state index is 12.4. The predicted octanol–water partition coefficient (Wildman–Crippen LogP) is 1.15. The maximum Gasteiger partial charge on any atom is 0.317 e. The van der Waals surface area contributed by atoms with Crippen LogP contribution in [-0.2, 0) is 14.6 Å². The molecule has 1 aromatic carbocycles. The molecule has 2 aliphatic rings. The number of carboxylic acids is 1. The van der Waals surface area contributed by atoms with Gasteiger partial charge >= 0.3 is 5.97 Å². The van der Waals surface area contributed by atoms with Crippen LogP contribution in [0.1, 0.15) is 36.0 Å². The number of aliphatic carboxylic acids is 1. The number of rotatable bonds is 8. The third-order valence-corrected chi connectivity index (χ3v) is 6.13. The van der Waals surface area contributed by atoms with Crippen LogP contribution in [0.25, 0.3) is 0 Å². The van der Waals surface area contributed by atoms with Gasteiger partial charge in [-0.15, -0.1) is 0 Å². The van der Waals surface area contributed by atoms with Crippen LogP contribution in [0.15, 0.2) is 29.2 Å². The topological polar surface area (TPSA) is 104 Å². The van der Waals surface area contributed by atoms with Gasteiger partial charge in [-0.25, -0.2) is 8.42 Å². The molecule has 1 aromatic rings. The molecule has 8 heteroatoms. The lowest BCUT2D eigenvalue weighted by Crippen LogP contribution is -2.55. The summed E-state index contributed by atoms with van der Waals surface area (Å²) in [5, 5.41) is 12.0. The van der Waals surface area contributed by atoms with Crippen molar-refractivity contribution in [3.8, 4) is 0 Å². The van der Waals surface area contributed by atoms with Crippen molar-refractivity contribution in [2.45, 2.75) is 42.7 Å². The first kappa shape index (κ1) is 18.8. The Morgan fingerprint density at radius 2 is 1.96 bits per heavy atom. The van der Waals surface area contributed by atoms with Crippen LogP contribution < -0.4 is 5.32 Å². The Morgan fingerprint density at radius 3 is 2.54 bits per heavy atom. The molecule has 1 amide bonds. The Labute approximate surface area is 153 Å². The molecule has 0 heterocycles. The molecule has 0 unspecified atom stereocenters. The van der Waals surface area contributed by atoms with Gasteiger partial charge in [-0.2, -0.15) is 0 Å². The number of benzene rings is 1. The van der Waals surface area contributed by atoms with Gasteiger partial charge in [0.1, 0.15) is 0 Å². The molecule has 0 aliphatic heterocycles. The van der Waals surface area contributed by atoms with E-state index in [-0.39, 0.29) is 29.4 Å². The Balaban J connectivity index is 1.54. The number of hydrogen-bond acceptors (Lipinski definition) is 5. The van der Waals surface area contributed by atoms with Gasteiger partial charge in [0.15, 0.2) is 9.84 Å². The lowest BCUT2D eigenvalue weighted by Gasteiger charge is -2.42. The summed E-state index contributed by atoms with van der Waals surface area (Å²) in [6.07, 6.45) is 4.88. The molecule has 3 rings (SSSR count). The Kier molecular flexibility index (Phi) is 5.34. The number of hydrogen-bond donors (Lipinski definition) is 2. The summed E-state index contributed by atoms with van der Waals surface area (Å²) < 4.78 is 23.2. The van der Waals surface area contributed by atoms with Crippen molar-refractivity contribution in [1.29, 1.82) is 0 Å². The molecule has 0 saturated heterocycles. The van der Waals surface area contributed by atoms with Gasteiger partial charge < -0.3 is 10.4 Å². The fourth-order valence-electron chi connectivity index (χ4n) is 3.29. The molecule has 0 atom stereocenters. The number of sulfone groups is 1. The van der Waals surface area contributed by atoms with Gasteiger partial charge in [0.25, 0.3) is 5.91 Å². The second kappa shape index (κ2) is 7.36. The van der Waals surface area contributed by atoms with Gasteiger partial charge in [-0.1, -0.05) is 6.07 Å². The van der Waals surface area contributed by atoms with Crippen molar-refractivity contribution >= 4 is 21.7 Å². The summed E-state index contributed by atoms with van der Waals surface area (Å²) in [6, 6.07) is 6.16. The summed E-state index contributed by atoms with van der Waals surface area (Å²) in [5.74, 6) is -0.511. The number of carbonyl (C=O) groups excluding carboxylic acids is 1. The monoisotopic (exact) mass is 380 g/mol. The zero-order valence-corrected chi connectivity index (χ0v) is 15.5. The van der Waals surface area contributed by atoms with E-state index in [4.69, 9.17) is 5.11 Å². The molecule has 2 aliphatic carbocycles. The highest BCUT2D eigenvalue weighted by Crippen LogP contribution is 2.33. The smallest absolute Gasteiger partial charge is 0.317 e. The fraction of sp³-hybridized carbons (Fsp3) is 0.556. The van der Waals surface area contributed by atoms with Crippen LogP contribution in [0, 0.1) is 5.92 Å². The zero-order valence-electron chi connectivity index (χ0n) is 14.7. The van der Waals surface area contributed by atoms with Crippen LogP contribution in [0.2, 0.25) is 0 Å². The normalized spacial score (nSPS) is 22.7. The average Bonchev–Trinajstić information content (AvgIpc) is 3.32. The standard InChI is InChI=1S/C18H24N2O5S/c1-26(24,25)16-4-2-3-13(7-16)18(23)19-14-8-15(9-14)20(11-17(21)22)10-12-5-6-12/h2-4,7,12,14-15H,5-6,8-11H2,1H3,(H,19,23)(H,21,22). The maximum absolute atomic E-state index is 12.4. The largest absolute Gasteiger partial charge is 0.480 e. The minimum absolute atomic E-state index is 0.00936. The highest BCUT2D eigenvalue weighted by atomic mass is 32.2. The highest BCUT2D eigenvalue weighted by molar-refractivity contribution is 7.90. The second-order valence-corrected chi connectivity index (χ2v) is 9.38. The van der Waals surface area contributed by atoms with Crippen LogP contribution in [-0.4, -0.2) is 61.7 Å². The zero-order chi connectivity index (χ0) is 18.9. The van der Waals surface area contributed by atoms with Crippen LogP contribution in [0.5, 0.6) is 0 Å². The van der Waals surface area contributed by atoms with Crippen molar-refractivity contribution < 1.29 is 23.1 Å². The summed E-state index contributed by atoms with van der Waals surface area (Å²) in [6.45, 7) is 0.853. The predicted molar refractivity (Wildman–Crippen MR) is 95.8 cm³/mol. The Hall–Kier alpha value is -1.93. The highest BCUT2D eigenvalue weighted by Gasteiger charge is 2.37. The summed E-state index contributed by atoms with van der Waals surface area (Å²) >= 11 is 0. The molecule has 0 radical (unpaired) electrons. The first-order chi connectivity index (χ1) is 12.2. The molecule has 26 heavy (non-hydrogen) atoms. The molecule has 2 N–H and O–H groups in total. The van der Waals surface area contributed by atoms with Crippen molar-refractivity contribution in [3.05, 3.63) is 29.8 Å². The van der Waals surface area contributed by atoms with Crippen molar-refractivity contribution in [2.75, 3.05) is 19.3 Å². The summed E-state index contributed by atoms with van der Waals surface area (Å²) in [5.41, 5.74) is 0.316. The van der Waals surface area contributed by atoms with E-state index in [1.807, 2.05) is 4.90 Å². The molecular weight excluding hydrogens is 356 g/mol. The molecule has 142 valence electrons. The van der Waals surface area contributed by atoms with Crippen molar-refractivity contribution in [3.63, 3.8) is 0 Å². The van der Waals surface area contributed by atoms with E-state index in [2.05, 4.69) is 5.32 Å². The number of nitrogens with one attached hydrogen (secondary N) is 1. The quantitative estimate of drug-likeness (QED) is 0.701. The first-order valence-electron chi connectivity index (χ1n) is 8.79. The number of amides is 1. The lowest BCUT2D eigenvalue weighted by molar-refractivity contribution is -0.139. The van der Waals surface area contributed by atoms with E-state index in [0.717, 1.165) is 25.6 Å².